The SMILES string of the molecule is NC(c1cc(F)cc(F)c1)c1cc(Cl)cc2c1OCC2. The van der Waals surface area contributed by atoms with Crippen molar-refractivity contribution in [2.24, 2.45) is 5.73 Å². The van der Waals surface area contributed by atoms with Gasteiger partial charge in [-0.25, -0.2) is 8.78 Å². The lowest BCUT2D eigenvalue weighted by Gasteiger charge is -2.17. The van der Waals surface area contributed by atoms with E-state index in [0.29, 0.717) is 28.5 Å². The van der Waals surface area contributed by atoms with Crippen LogP contribution in [0.2, 0.25) is 5.02 Å². The molecule has 0 bridgehead atoms. The minimum absolute atomic E-state index is 0.350. The van der Waals surface area contributed by atoms with Crippen molar-refractivity contribution in [2.45, 2.75) is 12.5 Å². The Labute approximate surface area is 120 Å². The van der Waals surface area contributed by atoms with E-state index in [2.05, 4.69) is 0 Å². The first-order chi connectivity index (χ1) is 9.54. The highest BCUT2D eigenvalue weighted by atomic mass is 35.5. The van der Waals surface area contributed by atoms with Gasteiger partial charge in [0.1, 0.15) is 17.4 Å². The molecule has 0 spiro atoms. The Bertz CT molecular complexity index is 655. The maximum absolute atomic E-state index is 13.3. The Hall–Kier alpha value is -1.65. The predicted octanol–water partition coefficient (Wildman–Crippen LogP) is 3.60. The Morgan fingerprint density at radius 2 is 1.80 bits per heavy atom. The quantitative estimate of drug-likeness (QED) is 0.919. The molecule has 1 atom stereocenters. The highest BCUT2D eigenvalue weighted by Gasteiger charge is 2.23. The second-order valence-electron chi connectivity index (χ2n) is 4.76. The molecule has 2 aromatic carbocycles. The Morgan fingerprint density at radius 3 is 2.50 bits per heavy atom. The zero-order chi connectivity index (χ0) is 14.3. The molecular formula is C15H12ClF2NO. The van der Waals surface area contributed by atoms with Gasteiger partial charge in [-0.1, -0.05) is 11.6 Å². The van der Waals surface area contributed by atoms with Crippen LogP contribution in [-0.2, 0) is 6.42 Å². The van der Waals surface area contributed by atoms with Crippen LogP contribution in [0.3, 0.4) is 0 Å². The number of ether oxygens (including phenoxy) is 1. The number of benzene rings is 2. The number of hydrogen-bond donors (Lipinski definition) is 1. The summed E-state index contributed by atoms with van der Waals surface area (Å²) in [7, 11) is 0. The summed E-state index contributed by atoms with van der Waals surface area (Å²) in [6.07, 6.45) is 0.757. The Morgan fingerprint density at radius 1 is 1.10 bits per heavy atom. The molecule has 2 N–H and O–H groups in total. The molecule has 1 aliphatic heterocycles. The van der Waals surface area contributed by atoms with E-state index in [9.17, 15) is 8.78 Å². The molecule has 5 heteroatoms. The lowest BCUT2D eigenvalue weighted by atomic mass is 9.96. The van der Waals surface area contributed by atoms with Gasteiger partial charge in [-0.05, 0) is 35.4 Å². The molecule has 2 aromatic rings. The second-order valence-corrected chi connectivity index (χ2v) is 5.20. The van der Waals surface area contributed by atoms with E-state index in [1.54, 1.807) is 6.07 Å². The van der Waals surface area contributed by atoms with Crippen molar-refractivity contribution in [2.75, 3.05) is 6.61 Å². The molecule has 0 fully saturated rings. The van der Waals surface area contributed by atoms with Crippen LogP contribution in [0.4, 0.5) is 8.78 Å². The molecule has 1 heterocycles. The topological polar surface area (TPSA) is 35.2 Å². The van der Waals surface area contributed by atoms with Crippen LogP contribution in [0, 0.1) is 11.6 Å². The van der Waals surface area contributed by atoms with Gasteiger partial charge in [0, 0.05) is 23.1 Å². The maximum Gasteiger partial charge on any atom is 0.127 e. The molecule has 0 aliphatic carbocycles. The molecule has 104 valence electrons. The third kappa shape index (κ3) is 2.37. The van der Waals surface area contributed by atoms with Crippen LogP contribution in [-0.4, -0.2) is 6.61 Å². The van der Waals surface area contributed by atoms with Gasteiger partial charge in [0.05, 0.1) is 12.6 Å². The highest BCUT2D eigenvalue weighted by Crippen LogP contribution is 2.37. The van der Waals surface area contributed by atoms with Crippen molar-refractivity contribution in [1.29, 1.82) is 0 Å². The van der Waals surface area contributed by atoms with Gasteiger partial charge in [0.15, 0.2) is 0 Å². The summed E-state index contributed by atoms with van der Waals surface area (Å²) >= 11 is 6.06. The van der Waals surface area contributed by atoms with E-state index >= 15 is 0 Å². The Balaban J connectivity index is 2.08. The average molecular weight is 296 g/mol. The van der Waals surface area contributed by atoms with E-state index < -0.39 is 17.7 Å². The van der Waals surface area contributed by atoms with E-state index in [-0.39, 0.29) is 0 Å². The highest BCUT2D eigenvalue weighted by molar-refractivity contribution is 6.30. The smallest absolute Gasteiger partial charge is 0.127 e. The van der Waals surface area contributed by atoms with Gasteiger partial charge < -0.3 is 10.5 Å². The number of rotatable bonds is 2. The van der Waals surface area contributed by atoms with Crippen molar-refractivity contribution in [3.8, 4) is 5.75 Å². The number of halogens is 3. The van der Waals surface area contributed by atoms with Crippen LogP contribution in [0.25, 0.3) is 0 Å². The average Bonchev–Trinajstić information content (AvgIpc) is 2.83. The maximum atomic E-state index is 13.3. The number of hydrogen-bond acceptors (Lipinski definition) is 2. The monoisotopic (exact) mass is 295 g/mol. The standard InChI is InChI=1S/C15H12ClF2NO/c16-10-3-8-1-2-20-15(8)13(6-10)14(19)9-4-11(17)7-12(18)5-9/h3-7,14H,1-2,19H2. The van der Waals surface area contributed by atoms with Crippen LogP contribution in [0.1, 0.15) is 22.7 Å². The third-order valence-electron chi connectivity index (χ3n) is 3.36. The third-order valence-corrected chi connectivity index (χ3v) is 3.57. The lowest BCUT2D eigenvalue weighted by Crippen LogP contribution is -2.13. The van der Waals surface area contributed by atoms with Crippen molar-refractivity contribution in [1.82, 2.24) is 0 Å². The molecule has 0 aromatic heterocycles. The van der Waals surface area contributed by atoms with Gasteiger partial charge in [0.2, 0.25) is 0 Å². The van der Waals surface area contributed by atoms with Gasteiger partial charge in [-0.15, -0.1) is 0 Å². The minimum atomic E-state index is -0.689. The molecule has 20 heavy (non-hydrogen) atoms. The molecule has 1 aliphatic rings. The molecule has 3 rings (SSSR count). The van der Waals surface area contributed by atoms with Gasteiger partial charge in [0.25, 0.3) is 0 Å². The van der Waals surface area contributed by atoms with Crippen molar-refractivity contribution in [3.05, 3.63) is 63.7 Å². The fourth-order valence-corrected chi connectivity index (χ4v) is 2.71. The van der Waals surface area contributed by atoms with Gasteiger partial charge in [-0.3, -0.25) is 0 Å². The summed E-state index contributed by atoms with van der Waals surface area (Å²) in [5.74, 6) is -0.642. The lowest BCUT2D eigenvalue weighted by molar-refractivity contribution is 0.352. The van der Waals surface area contributed by atoms with Gasteiger partial charge >= 0.3 is 0 Å². The van der Waals surface area contributed by atoms with Crippen LogP contribution >= 0.6 is 11.6 Å². The van der Waals surface area contributed by atoms with E-state index in [0.717, 1.165) is 18.1 Å². The van der Waals surface area contributed by atoms with Gasteiger partial charge in [-0.2, -0.15) is 0 Å². The molecule has 0 saturated heterocycles. The number of fused-ring (bicyclic) bond motifs is 1. The fraction of sp³-hybridized carbons (Fsp3) is 0.200. The van der Waals surface area contributed by atoms with Crippen molar-refractivity contribution in [3.63, 3.8) is 0 Å². The second kappa shape index (κ2) is 5.04. The van der Waals surface area contributed by atoms with Crippen LogP contribution < -0.4 is 10.5 Å². The Kier molecular flexibility index (Phi) is 3.36. The normalized spacial score (nSPS) is 14.8. The number of nitrogens with two attached hydrogens (primary N) is 1. The fourth-order valence-electron chi connectivity index (χ4n) is 2.46. The van der Waals surface area contributed by atoms with Crippen molar-refractivity contribution >= 4 is 11.6 Å². The summed E-state index contributed by atoms with van der Waals surface area (Å²) in [5, 5.41) is 0.538. The van der Waals surface area contributed by atoms with Crippen LogP contribution in [0.15, 0.2) is 30.3 Å². The summed E-state index contributed by atoms with van der Waals surface area (Å²) in [6.45, 7) is 0.562. The molecular weight excluding hydrogens is 284 g/mol. The molecule has 2 nitrogen and oxygen atoms in total. The zero-order valence-electron chi connectivity index (χ0n) is 10.5. The molecule has 0 saturated carbocycles. The predicted molar refractivity (Wildman–Crippen MR) is 73.0 cm³/mol. The minimum Gasteiger partial charge on any atom is -0.493 e. The first-order valence-corrected chi connectivity index (χ1v) is 6.59. The van der Waals surface area contributed by atoms with E-state index in [4.69, 9.17) is 22.1 Å². The molecule has 0 radical (unpaired) electrons. The van der Waals surface area contributed by atoms with E-state index in [1.807, 2.05) is 6.07 Å². The van der Waals surface area contributed by atoms with Crippen molar-refractivity contribution < 1.29 is 13.5 Å². The van der Waals surface area contributed by atoms with Crippen LogP contribution in [0.5, 0.6) is 5.75 Å². The summed E-state index contributed by atoms with van der Waals surface area (Å²) in [4.78, 5) is 0. The zero-order valence-corrected chi connectivity index (χ0v) is 11.3. The van der Waals surface area contributed by atoms with E-state index in [1.165, 1.54) is 12.1 Å². The summed E-state index contributed by atoms with van der Waals surface area (Å²) in [5.41, 5.74) is 8.09. The first kappa shape index (κ1) is 13.3. The molecule has 0 amide bonds. The summed E-state index contributed by atoms with van der Waals surface area (Å²) < 4.78 is 32.2. The molecule has 1 unspecified atom stereocenters. The first-order valence-electron chi connectivity index (χ1n) is 6.21. The summed E-state index contributed by atoms with van der Waals surface area (Å²) in [6, 6.07) is 6.07. The largest absolute Gasteiger partial charge is 0.493 e.